The molecule has 0 aliphatic rings. The number of hydrogen-bond donors (Lipinski definition) is 3. The number of carboxylic acid groups (broad SMARTS) is 2. The number of carbonyl (C=O) groups is 2. The summed E-state index contributed by atoms with van der Waals surface area (Å²) in [6, 6.07) is 2.60. The van der Waals surface area contributed by atoms with Crippen molar-refractivity contribution in [3.8, 4) is 0 Å². The molecule has 0 radical (unpaired) electrons. The van der Waals surface area contributed by atoms with Crippen LogP contribution >= 0.6 is 0 Å². The van der Waals surface area contributed by atoms with E-state index in [0.29, 0.717) is 0 Å². The summed E-state index contributed by atoms with van der Waals surface area (Å²) in [4.78, 5) is 24.5. The Morgan fingerprint density at radius 1 is 1.43 bits per heavy atom. The lowest BCUT2D eigenvalue weighted by Crippen LogP contribution is -2.13. The van der Waals surface area contributed by atoms with E-state index < -0.39 is 11.9 Å². The second-order valence-corrected chi connectivity index (χ2v) is 2.48. The van der Waals surface area contributed by atoms with Crippen molar-refractivity contribution in [3.63, 3.8) is 0 Å². The molecule has 0 saturated carbocycles. The van der Waals surface area contributed by atoms with Gasteiger partial charge in [0.25, 0.3) is 0 Å². The standard InChI is InChI=1S/C8H8N2O4/c11-7(12)4-10-6-3-5(8(13)14)1-2-9-6/h1-3H,4H2,(H,9,10)(H,11,12)(H,13,14). The van der Waals surface area contributed by atoms with Crippen molar-refractivity contribution in [3.05, 3.63) is 23.9 Å². The van der Waals surface area contributed by atoms with E-state index in [4.69, 9.17) is 10.2 Å². The first kappa shape index (κ1) is 9.97. The molecule has 0 amide bonds. The molecule has 74 valence electrons. The van der Waals surface area contributed by atoms with E-state index in [2.05, 4.69) is 10.3 Å². The summed E-state index contributed by atoms with van der Waals surface area (Å²) in [6.07, 6.45) is 1.30. The van der Waals surface area contributed by atoms with Crippen LogP contribution in [0.15, 0.2) is 18.3 Å². The number of aromatic carboxylic acids is 1. The van der Waals surface area contributed by atoms with Crippen LogP contribution in [0.1, 0.15) is 10.4 Å². The number of pyridine rings is 1. The van der Waals surface area contributed by atoms with E-state index >= 15 is 0 Å². The number of nitrogens with zero attached hydrogens (tertiary/aromatic N) is 1. The lowest BCUT2D eigenvalue weighted by atomic mass is 10.2. The van der Waals surface area contributed by atoms with Gasteiger partial charge in [-0.25, -0.2) is 9.78 Å². The summed E-state index contributed by atoms with van der Waals surface area (Å²) in [6.45, 7) is -0.296. The summed E-state index contributed by atoms with van der Waals surface area (Å²) >= 11 is 0. The highest BCUT2D eigenvalue weighted by molar-refractivity contribution is 5.88. The minimum Gasteiger partial charge on any atom is -0.480 e. The van der Waals surface area contributed by atoms with Gasteiger partial charge >= 0.3 is 11.9 Å². The summed E-state index contributed by atoms with van der Waals surface area (Å²) in [7, 11) is 0. The molecule has 0 atom stereocenters. The molecule has 14 heavy (non-hydrogen) atoms. The number of hydrogen-bond acceptors (Lipinski definition) is 4. The molecule has 3 N–H and O–H groups in total. The molecule has 0 saturated heterocycles. The highest BCUT2D eigenvalue weighted by atomic mass is 16.4. The second-order valence-electron chi connectivity index (χ2n) is 2.48. The smallest absolute Gasteiger partial charge is 0.335 e. The van der Waals surface area contributed by atoms with Crippen LogP contribution in [0.25, 0.3) is 0 Å². The Balaban J connectivity index is 2.73. The summed E-state index contributed by atoms with van der Waals surface area (Å²) in [5, 5.41) is 19.4. The Morgan fingerprint density at radius 3 is 2.71 bits per heavy atom. The Bertz CT molecular complexity index is 364. The minimum absolute atomic E-state index is 0.0629. The third kappa shape index (κ3) is 2.74. The highest BCUT2D eigenvalue weighted by Gasteiger charge is 2.04. The van der Waals surface area contributed by atoms with Gasteiger partial charge < -0.3 is 15.5 Å². The zero-order chi connectivity index (χ0) is 10.6. The van der Waals surface area contributed by atoms with E-state index in [1.807, 2.05) is 0 Å². The van der Waals surface area contributed by atoms with Crippen LogP contribution in [0, 0.1) is 0 Å². The molecule has 1 aromatic rings. The molecule has 0 aromatic carbocycles. The van der Waals surface area contributed by atoms with Crippen LogP contribution in [0.5, 0.6) is 0 Å². The summed E-state index contributed by atoms with van der Waals surface area (Å²) < 4.78 is 0. The molecule has 0 aliphatic heterocycles. The molecule has 1 aromatic heterocycles. The van der Waals surface area contributed by atoms with Gasteiger partial charge in [0.2, 0.25) is 0 Å². The Labute approximate surface area is 79.2 Å². The fourth-order valence-corrected chi connectivity index (χ4v) is 0.826. The van der Waals surface area contributed by atoms with Crippen LogP contribution in [0.4, 0.5) is 5.82 Å². The Morgan fingerprint density at radius 2 is 2.14 bits per heavy atom. The predicted molar refractivity (Wildman–Crippen MR) is 47.3 cm³/mol. The van der Waals surface area contributed by atoms with Gasteiger partial charge in [0.15, 0.2) is 0 Å². The second kappa shape index (κ2) is 4.22. The van der Waals surface area contributed by atoms with Crippen molar-refractivity contribution in [2.75, 3.05) is 11.9 Å². The van der Waals surface area contributed by atoms with Crippen molar-refractivity contribution < 1.29 is 19.8 Å². The first-order chi connectivity index (χ1) is 6.59. The van der Waals surface area contributed by atoms with Gasteiger partial charge in [-0.3, -0.25) is 4.79 Å². The lowest BCUT2D eigenvalue weighted by molar-refractivity contribution is -0.134. The fourth-order valence-electron chi connectivity index (χ4n) is 0.826. The molecule has 0 aliphatic carbocycles. The quantitative estimate of drug-likeness (QED) is 0.639. The van der Waals surface area contributed by atoms with Crippen LogP contribution in [0.2, 0.25) is 0 Å². The molecule has 0 fully saturated rings. The molecule has 1 rings (SSSR count). The number of anilines is 1. The van der Waals surface area contributed by atoms with Crippen molar-refractivity contribution in [2.45, 2.75) is 0 Å². The van der Waals surface area contributed by atoms with E-state index in [-0.39, 0.29) is 17.9 Å². The van der Waals surface area contributed by atoms with Crippen LogP contribution in [0.3, 0.4) is 0 Å². The van der Waals surface area contributed by atoms with Gasteiger partial charge in [0, 0.05) is 6.20 Å². The maximum absolute atomic E-state index is 10.5. The SMILES string of the molecule is O=C(O)CNc1cc(C(=O)O)ccn1. The number of aromatic nitrogens is 1. The molecule has 6 heteroatoms. The number of rotatable bonds is 4. The lowest BCUT2D eigenvalue weighted by Gasteiger charge is -2.02. The molecular formula is C8H8N2O4. The minimum atomic E-state index is -1.08. The van der Waals surface area contributed by atoms with Crippen molar-refractivity contribution >= 4 is 17.8 Å². The fraction of sp³-hybridized carbons (Fsp3) is 0.125. The monoisotopic (exact) mass is 196 g/mol. The zero-order valence-corrected chi connectivity index (χ0v) is 7.10. The third-order valence-corrected chi connectivity index (χ3v) is 1.43. The van der Waals surface area contributed by atoms with Gasteiger partial charge in [-0.05, 0) is 12.1 Å². The average molecular weight is 196 g/mol. The Hall–Kier alpha value is -2.11. The first-order valence-corrected chi connectivity index (χ1v) is 3.74. The predicted octanol–water partition coefficient (Wildman–Crippen LogP) is 0.276. The number of nitrogens with one attached hydrogen (secondary N) is 1. The zero-order valence-electron chi connectivity index (χ0n) is 7.10. The molecule has 0 unspecified atom stereocenters. The van der Waals surface area contributed by atoms with Gasteiger partial charge in [-0.1, -0.05) is 0 Å². The Kier molecular flexibility index (Phi) is 3.01. The molecule has 1 heterocycles. The van der Waals surface area contributed by atoms with Gasteiger partial charge in [0.1, 0.15) is 12.4 Å². The van der Waals surface area contributed by atoms with Gasteiger partial charge in [-0.2, -0.15) is 0 Å². The van der Waals surface area contributed by atoms with Crippen molar-refractivity contribution in [1.82, 2.24) is 4.98 Å². The van der Waals surface area contributed by atoms with Gasteiger partial charge in [0.05, 0.1) is 5.56 Å². The largest absolute Gasteiger partial charge is 0.480 e. The molecule has 0 bridgehead atoms. The van der Waals surface area contributed by atoms with Crippen molar-refractivity contribution in [2.24, 2.45) is 0 Å². The summed E-state index contributed by atoms with van der Waals surface area (Å²) in [5.41, 5.74) is 0.0629. The van der Waals surface area contributed by atoms with Crippen LogP contribution in [-0.2, 0) is 4.79 Å². The number of aliphatic carboxylic acids is 1. The van der Waals surface area contributed by atoms with E-state index in [1.54, 1.807) is 0 Å². The topological polar surface area (TPSA) is 99.5 Å². The maximum Gasteiger partial charge on any atom is 0.335 e. The highest BCUT2D eigenvalue weighted by Crippen LogP contribution is 2.05. The van der Waals surface area contributed by atoms with E-state index in [9.17, 15) is 9.59 Å². The molecular weight excluding hydrogens is 188 g/mol. The maximum atomic E-state index is 10.5. The van der Waals surface area contributed by atoms with E-state index in [1.165, 1.54) is 18.3 Å². The molecule has 6 nitrogen and oxygen atoms in total. The average Bonchev–Trinajstić information content (AvgIpc) is 2.15. The number of carboxylic acids is 2. The normalized spacial score (nSPS) is 9.43. The van der Waals surface area contributed by atoms with Crippen molar-refractivity contribution in [1.29, 1.82) is 0 Å². The molecule has 0 spiro atoms. The summed E-state index contributed by atoms with van der Waals surface area (Å²) in [5.74, 6) is -1.88. The van der Waals surface area contributed by atoms with Crippen LogP contribution < -0.4 is 5.32 Å². The first-order valence-electron chi connectivity index (χ1n) is 3.74. The third-order valence-electron chi connectivity index (χ3n) is 1.43. The van der Waals surface area contributed by atoms with Crippen LogP contribution in [-0.4, -0.2) is 33.7 Å². The van der Waals surface area contributed by atoms with Gasteiger partial charge in [-0.15, -0.1) is 0 Å². The van der Waals surface area contributed by atoms with E-state index in [0.717, 1.165) is 0 Å².